The van der Waals surface area contributed by atoms with E-state index in [0.717, 1.165) is 12.8 Å². The van der Waals surface area contributed by atoms with Crippen molar-refractivity contribution in [2.45, 2.75) is 18.8 Å². The lowest BCUT2D eigenvalue weighted by atomic mass is 9.73. The monoisotopic (exact) mass is 605 g/mol. The van der Waals surface area contributed by atoms with Crippen LogP contribution in [-0.2, 0) is 14.3 Å². The fourth-order valence-electron chi connectivity index (χ4n) is 7.13. The second kappa shape index (κ2) is 11.3. The van der Waals surface area contributed by atoms with E-state index in [-0.39, 0.29) is 58.3 Å². The van der Waals surface area contributed by atoms with Crippen LogP contribution in [0.4, 0.5) is 5.69 Å². The van der Waals surface area contributed by atoms with Gasteiger partial charge >= 0.3 is 11.9 Å². The van der Waals surface area contributed by atoms with Gasteiger partial charge in [-0.1, -0.05) is 42.5 Å². The van der Waals surface area contributed by atoms with Crippen LogP contribution in [0.5, 0.6) is 5.75 Å². The number of hydrogen-bond donors (Lipinski definition) is 0. The van der Waals surface area contributed by atoms with Crippen molar-refractivity contribution in [1.29, 1.82) is 0 Å². The molecule has 0 spiro atoms. The number of hydrogen-bond acceptors (Lipinski definition) is 8. The number of ether oxygens (including phenoxy) is 2. The molecule has 2 heterocycles. The maximum atomic E-state index is 13.7. The first-order chi connectivity index (χ1) is 21.4. The molecule has 1 saturated heterocycles. The van der Waals surface area contributed by atoms with E-state index in [1.807, 2.05) is 18.2 Å². The predicted molar refractivity (Wildman–Crippen MR) is 162 cm³/mol. The Morgan fingerprint density at radius 1 is 0.773 bits per heavy atom. The summed E-state index contributed by atoms with van der Waals surface area (Å²) in [4.78, 5) is 66.6. The topological polar surface area (TPSA) is 107 Å². The molecule has 9 heteroatoms. The summed E-state index contributed by atoms with van der Waals surface area (Å²) in [5, 5.41) is 1.77. The third kappa shape index (κ3) is 4.93. The van der Waals surface area contributed by atoms with Crippen LogP contribution in [0.3, 0.4) is 0 Å². The molecule has 44 heavy (non-hydrogen) atoms. The summed E-state index contributed by atoms with van der Waals surface area (Å²) in [5.41, 5.74) is 1.96. The van der Waals surface area contributed by atoms with Crippen LogP contribution < -0.4 is 9.64 Å². The zero-order valence-electron chi connectivity index (χ0n) is 23.5. The number of imide groups is 1. The van der Waals surface area contributed by atoms with E-state index in [2.05, 4.69) is 12.1 Å². The lowest BCUT2D eigenvalue weighted by molar-refractivity contribution is -0.123. The summed E-state index contributed by atoms with van der Waals surface area (Å²) >= 11 is 1.27. The quantitative estimate of drug-likeness (QED) is 0.106. The van der Waals surface area contributed by atoms with Crippen LogP contribution in [0.25, 0.3) is 0 Å². The van der Waals surface area contributed by atoms with Gasteiger partial charge in [0, 0.05) is 5.56 Å². The van der Waals surface area contributed by atoms with E-state index in [1.165, 1.54) is 58.2 Å². The van der Waals surface area contributed by atoms with Crippen molar-refractivity contribution < 1.29 is 33.4 Å². The van der Waals surface area contributed by atoms with Gasteiger partial charge < -0.3 is 9.47 Å². The van der Waals surface area contributed by atoms with E-state index >= 15 is 0 Å². The Bertz CT molecular complexity index is 1770. The molecule has 0 N–H and O–H groups in total. The molecular weight excluding hydrogens is 578 g/mol. The maximum Gasteiger partial charge on any atom is 0.353 e. The molecule has 0 unspecified atom stereocenters. The first kappa shape index (κ1) is 27.9. The number of amides is 2. The SMILES string of the molecule is O=C(COC(=O)c1cccc(N2C(=O)[C@@H]3[C@@H]4C[C@@H]([C@@H]3C2=O)[C@@H](c2ccccc2)C4)c1)c1ccc(OC(=O)c2cccs2)cc1. The van der Waals surface area contributed by atoms with Gasteiger partial charge in [0.1, 0.15) is 10.6 Å². The fraction of sp³-hybridized carbons (Fsp3) is 0.229. The van der Waals surface area contributed by atoms with Gasteiger partial charge in [0.15, 0.2) is 12.4 Å². The summed E-state index contributed by atoms with van der Waals surface area (Å²) in [6.45, 7) is -0.507. The number of benzene rings is 3. The number of thiophene rings is 1. The zero-order chi connectivity index (χ0) is 30.4. The number of fused-ring (bicyclic) bond motifs is 5. The summed E-state index contributed by atoms with van der Waals surface area (Å²) in [6, 6.07) is 25.8. The third-order valence-electron chi connectivity index (χ3n) is 9.03. The number of rotatable bonds is 8. The van der Waals surface area contributed by atoms with Gasteiger partial charge in [-0.25, -0.2) is 9.59 Å². The summed E-state index contributed by atoms with van der Waals surface area (Å²) in [7, 11) is 0. The fourth-order valence-corrected chi connectivity index (χ4v) is 7.73. The van der Waals surface area contributed by atoms with E-state index in [4.69, 9.17) is 9.47 Å². The summed E-state index contributed by atoms with van der Waals surface area (Å²) in [6.07, 6.45) is 1.77. The minimum atomic E-state index is -0.745. The number of anilines is 1. The molecule has 7 rings (SSSR count). The van der Waals surface area contributed by atoms with E-state index in [9.17, 15) is 24.0 Å². The molecule has 3 aliphatic rings. The van der Waals surface area contributed by atoms with Crippen LogP contribution in [0, 0.1) is 23.7 Å². The number of nitrogens with zero attached hydrogens (tertiary/aromatic N) is 1. The molecule has 0 radical (unpaired) electrons. The van der Waals surface area contributed by atoms with Gasteiger partial charge in [-0.05, 0) is 90.1 Å². The number of carbonyl (C=O) groups excluding carboxylic acids is 5. The zero-order valence-corrected chi connectivity index (χ0v) is 24.3. The largest absolute Gasteiger partial charge is 0.454 e. The maximum absolute atomic E-state index is 13.7. The molecule has 5 atom stereocenters. The highest BCUT2D eigenvalue weighted by Crippen LogP contribution is 2.61. The molecule has 220 valence electrons. The van der Waals surface area contributed by atoms with E-state index in [1.54, 1.807) is 29.6 Å². The number of ketones is 1. The van der Waals surface area contributed by atoms with Crippen LogP contribution in [0.2, 0.25) is 0 Å². The summed E-state index contributed by atoms with van der Waals surface area (Å²) in [5.74, 6) is -1.94. The standard InChI is InChI=1S/C35H27NO7S/c37-28(21-11-13-25(14-12-21)43-35(41)29-10-5-15-44-29)19-42-34(40)22-8-4-9-24(16-22)36-32(38)30-23-17-26(20-6-2-1-3-7-20)27(18-23)31(30)33(36)39/h1-16,23,26-27,30-31H,17-19H2/t23-,26+,27+,30+,31-/m0/s1. The van der Waals surface area contributed by atoms with Gasteiger partial charge in [-0.15, -0.1) is 11.3 Å². The van der Waals surface area contributed by atoms with Crippen molar-refractivity contribution >= 4 is 46.6 Å². The Balaban J connectivity index is 0.991. The van der Waals surface area contributed by atoms with Crippen molar-refractivity contribution in [3.63, 3.8) is 0 Å². The minimum absolute atomic E-state index is 0.120. The van der Waals surface area contributed by atoms with Crippen LogP contribution in [-0.4, -0.2) is 36.1 Å². The van der Waals surface area contributed by atoms with Crippen LogP contribution in [0.1, 0.15) is 54.7 Å². The van der Waals surface area contributed by atoms with Gasteiger partial charge in [0.25, 0.3) is 0 Å². The average Bonchev–Trinajstić information content (AvgIpc) is 3.85. The van der Waals surface area contributed by atoms with E-state index in [0.29, 0.717) is 10.6 Å². The highest BCUT2D eigenvalue weighted by atomic mass is 32.1. The molecule has 2 bridgehead atoms. The Morgan fingerprint density at radius 3 is 2.30 bits per heavy atom. The van der Waals surface area contributed by atoms with E-state index < -0.39 is 24.3 Å². The smallest absolute Gasteiger partial charge is 0.353 e. The molecule has 1 aromatic heterocycles. The van der Waals surface area contributed by atoms with Crippen molar-refractivity contribution in [1.82, 2.24) is 0 Å². The molecule has 8 nitrogen and oxygen atoms in total. The van der Waals surface area contributed by atoms with Crippen molar-refractivity contribution in [3.8, 4) is 5.75 Å². The molecule has 2 saturated carbocycles. The molecule has 3 fully saturated rings. The number of Topliss-reactive ketones (excluding diaryl/α,β-unsaturated/α-hetero) is 1. The summed E-state index contributed by atoms with van der Waals surface area (Å²) < 4.78 is 10.6. The molecule has 3 aromatic carbocycles. The molecular formula is C35H27NO7S. The molecule has 4 aromatic rings. The lowest BCUT2D eigenvalue weighted by Gasteiger charge is -2.28. The van der Waals surface area contributed by atoms with Crippen LogP contribution >= 0.6 is 11.3 Å². The molecule has 2 aliphatic carbocycles. The van der Waals surface area contributed by atoms with Gasteiger partial charge in [0.05, 0.1) is 23.1 Å². The molecule has 2 amide bonds. The first-order valence-electron chi connectivity index (χ1n) is 14.5. The Hall–Kier alpha value is -4.89. The van der Waals surface area contributed by atoms with Gasteiger partial charge in [-0.2, -0.15) is 0 Å². The van der Waals surface area contributed by atoms with Gasteiger partial charge in [0.2, 0.25) is 11.8 Å². The van der Waals surface area contributed by atoms with Crippen molar-refractivity contribution in [3.05, 3.63) is 118 Å². The Labute approximate surface area is 257 Å². The normalized spacial score (nSPS) is 23.5. The number of esters is 2. The average molecular weight is 606 g/mol. The van der Waals surface area contributed by atoms with Crippen molar-refractivity contribution in [2.75, 3.05) is 11.5 Å². The van der Waals surface area contributed by atoms with Crippen LogP contribution in [0.15, 0.2) is 96.4 Å². The highest BCUT2D eigenvalue weighted by Gasteiger charge is 2.64. The molecule has 1 aliphatic heterocycles. The highest BCUT2D eigenvalue weighted by molar-refractivity contribution is 7.12. The Kier molecular flexibility index (Phi) is 7.18. The second-order valence-electron chi connectivity index (χ2n) is 11.4. The minimum Gasteiger partial charge on any atom is -0.454 e. The van der Waals surface area contributed by atoms with Gasteiger partial charge in [-0.3, -0.25) is 19.3 Å². The second-order valence-corrected chi connectivity index (χ2v) is 12.4. The Morgan fingerprint density at radius 2 is 1.55 bits per heavy atom. The lowest BCUT2D eigenvalue weighted by Crippen LogP contribution is -2.33. The van der Waals surface area contributed by atoms with Crippen molar-refractivity contribution in [2.24, 2.45) is 23.7 Å². The third-order valence-corrected chi connectivity index (χ3v) is 9.88. The first-order valence-corrected chi connectivity index (χ1v) is 15.4. The predicted octanol–water partition coefficient (Wildman–Crippen LogP) is 5.94. The number of carbonyl (C=O) groups is 5.